The van der Waals surface area contributed by atoms with Gasteiger partial charge in [-0.3, -0.25) is 4.79 Å². The molecule has 0 spiro atoms. The summed E-state index contributed by atoms with van der Waals surface area (Å²) in [4.78, 5) is 12.4. The highest BCUT2D eigenvalue weighted by molar-refractivity contribution is 6.06. The fourth-order valence-electron chi connectivity index (χ4n) is 2.66. The van der Waals surface area contributed by atoms with Crippen molar-refractivity contribution >= 4 is 17.3 Å². The van der Waals surface area contributed by atoms with Gasteiger partial charge in [0.2, 0.25) is 0 Å². The maximum atomic E-state index is 12.4. The van der Waals surface area contributed by atoms with Crippen LogP contribution in [0.1, 0.15) is 37.8 Å². The zero-order chi connectivity index (χ0) is 19.8. The Balaban J connectivity index is 2.14. The van der Waals surface area contributed by atoms with Crippen LogP contribution in [0.15, 0.2) is 54.2 Å². The van der Waals surface area contributed by atoms with Gasteiger partial charge in [0.25, 0.3) is 5.91 Å². The molecule has 0 aromatic heterocycles. The number of amides is 1. The Morgan fingerprint density at radius 2 is 1.93 bits per heavy atom. The van der Waals surface area contributed by atoms with Gasteiger partial charge in [-0.25, -0.2) is 0 Å². The van der Waals surface area contributed by atoms with Crippen LogP contribution in [0.4, 0.5) is 11.4 Å². The molecule has 0 unspecified atom stereocenters. The minimum Gasteiger partial charge on any atom is -0.494 e. The van der Waals surface area contributed by atoms with Gasteiger partial charge in [0, 0.05) is 17.6 Å². The Morgan fingerprint density at radius 1 is 1.22 bits per heavy atom. The molecular weight excluding hydrogens is 338 g/mol. The van der Waals surface area contributed by atoms with Gasteiger partial charge in [0.15, 0.2) is 0 Å². The Bertz CT molecular complexity index is 862. The van der Waals surface area contributed by atoms with Crippen molar-refractivity contribution in [2.24, 2.45) is 0 Å². The minimum atomic E-state index is -0.464. The van der Waals surface area contributed by atoms with Crippen molar-refractivity contribution in [1.82, 2.24) is 0 Å². The van der Waals surface area contributed by atoms with Crippen molar-refractivity contribution in [3.63, 3.8) is 0 Å². The molecule has 1 amide bonds. The first-order chi connectivity index (χ1) is 13.0. The lowest BCUT2D eigenvalue weighted by Gasteiger charge is -2.15. The summed E-state index contributed by atoms with van der Waals surface area (Å²) < 4.78 is 5.38. The van der Waals surface area contributed by atoms with Gasteiger partial charge >= 0.3 is 0 Å². The van der Waals surface area contributed by atoms with E-state index >= 15 is 0 Å². The van der Waals surface area contributed by atoms with Crippen molar-refractivity contribution < 1.29 is 9.53 Å². The van der Waals surface area contributed by atoms with E-state index in [9.17, 15) is 10.1 Å². The Hall–Kier alpha value is -3.26. The van der Waals surface area contributed by atoms with E-state index in [0.717, 1.165) is 22.6 Å². The van der Waals surface area contributed by atoms with E-state index in [-0.39, 0.29) is 5.57 Å². The molecule has 0 fully saturated rings. The number of rotatable bonds is 7. The minimum absolute atomic E-state index is 0.00171. The molecule has 2 rings (SSSR count). The average Bonchev–Trinajstić information content (AvgIpc) is 2.65. The van der Waals surface area contributed by atoms with E-state index in [1.165, 1.54) is 6.20 Å². The van der Waals surface area contributed by atoms with Crippen LogP contribution in [0, 0.1) is 18.3 Å². The Labute approximate surface area is 160 Å². The molecule has 0 bridgehead atoms. The molecule has 5 heteroatoms. The highest BCUT2D eigenvalue weighted by Crippen LogP contribution is 2.27. The quantitative estimate of drug-likeness (QED) is 0.538. The van der Waals surface area contributed by atoms with Crippen molar-refractivity contribution in [2.75, 3.05) is 17.2 Å². The van der Waals surface area contributed by atoms with Crippen LogP contribution >= 0.6 is 0 Å². The Morgan fingerprint density at radius 3 is 2.52 bits per heavy atom. The lowest BCUT2D eigenvalue weighted by atomic mass is 9.98. The first-order valence-electron chi connectivity index (χ1n) is 8.96. The van der Waals surface area contributed by atoms with Crippen LogP contribution in [0.3, 0.4) is 0 Å². The summed E-state index contributed by atoms with van der Waals surface area (Å²) in [6.45, 7) is 8.69. The maximum absolute atomic E-state index is 12.4. The third-order valence-electron chi connectivity index (χ3n) is 4.08. The van der Waals surface area contributed by atoms with Crippen LogP contribution in [-0.4, -0.2) is 12.5 Å². The van der Waals surface area contributed by atoms with E-state index in [1.807, 2.05) is 38.1 Å². The SMILES string of the molecule is CCOc1ccc(NC(=O)/C(C#N)=C\Nc2c(C)cccc2C(C)C)cc1. The fraction of sp³-hybridized carbons (Fsp3) is 0.273. The van der Waals surface area contributed by atoms with Crippen molar-refractivity contribution in [3.05, 3.63) is 65.4 Å². The van der Waals surface area contributed by atoms with Crippen molar-refractivity contribution in [2.45, 2.75) is 33.6 Å². The van der Waals surface area contributed by atoms with E-state index < -0.39 is 5.91 Å². The van der Waals surface area contributed by atoms with Crippen molar-refractivity contribution in [1.29, 1.82) is 5.26 Å². The second kappa shape index (κ2) is 9.44. The zero-order valence-corrected chi connectivity index (χ0v) is 16.2. The standard InChI is InChI=1S/C22H25N3O2/c1-5-27-19-11-9-18(10-12-19)25-22(26)17(13-23)14-24-21-16(4)7-6-8-20(21)15(2)3/h6-12,14-15,24H,5H2,1-4H3,(H,25,26)/b17-14-. The molecule has 0 atom stereocenters. The summed E-state index contributed by atoms with van der Waals surface area (Å²) >= 11 is 0. The molecule has 0 saturated carbocycles. The number of carbonyl (C=O) groups excluding carboxylic acids is 1. The second-order valence-corrected chi connectivity index (χ2v) is 6.42. The molecule has 27 heavy (non-hydrogen) atoms. The molecular formula is C22H25N3O2. The smallest absolute Gasteiger partial charge is 0.267 e. The predicted molar refractivity (Wildman–Crippen MR) is 109 cm³/mol. The van der Waals surface area contributed by atoms with Crippen LogP contribution in [0.5, 0.6) is 5.75 Å². The predicted octanol–water partition coefficient (Wildman–Crippen LogP) is 4.98. The molecule has 5 nitrogen and oxygen atoms in total. The van der Waals surface area contributed by atoms with Crippen LogP contribution in [0.2, 0.25) is 0 Å². The average molecular weight is 363 g/mol. The number of nitrogens with one attached hydrogen (secondary N) is 2. The monoisotopic (exact) mass is 363 g/mol. The molecule has 0 radical (unpaired) electrons. The summed E-state index contributed by atoms with van der Waals surface area (Å²) in [5, 5.41) is 15.2. The van der Waals surface area contributed by atoms with E-state index in [2.05, 4.69) is 24.5 Å². The van der Waals surface area contributed by atoms with Gasteiger partial charge in [-0.05, 0) is 55.2 Å². The number of para-hydroxylation sites is 1. The van der Waals surface area contributed by atoms with Crippen LogP contribution < -0.4 is 15.4 Å². The topological polar surface area (TPSA) is 74.1 Å². The summed E-state index contributed by atoms with van der Waals surface area (Å²) in [5.74, 6) is 0.590. The normalized spacial score (nSPS) is 11.0. The number of nitriles is 1. The maximum Gasteiger partial charge on any atom is 0.267 e. The molecule has 140 valence electrons. The van der Waals surface area contributed by atoms with Gasteiger partial charge in [-0.2, -0.15) is 5.26 Å². The lowest BCUT2D eigenvalue weighted by Crippen LogP contribution is -2.14. The highest BCUT2D eigenvalue weighted by atomic mass is 16.5. The number of aryl methyl sites for hydroxylation is 1. The number of carbonyl (C=O) groups is 1. The second-order valence-electron chi connectivity index (χ2n) is 6.42. The van der Waals surface area contributed by atoms with Crippen molar-refractivity contribution in [3.8, 4) is 11.8 Å². The van der Waals surface area contributed by atoms with Crippen LogP contribution in [-0.2, 0) is 4.79 Å². The number of hydrogen-bond acceptors (Lipinski definition) is 4. The van der Waals surface area contributed by atoms with Gasteiger partial charge in [-0.1, -0.05) is 32.0 Å². The van der Waals surface area contributed by atoms with E-state index in [4.69, 9.17) is 4.74 Å². The summed E-state index contributed by atoms with van der Waals surface area (Å²) in [7, 11) is 0. The van der Waals surface area contributed by atoms with Gasteiger partial charge in [0.05, 0.1) is 6.61 Å². The molecule has 0 aliphatic carbocycles. The highest BCUT2D eigenvalue weighted by Gasteiger charge is 2.12. The number of benzene rings is 2. The number of hydrogen-bond donors (Lipinski definition) is 2. The molecule has 2 N–H and O–H groups in total. The number of ether oxygens (including phenoxy) is 1. The lowest BCUT2D eigenvalue weighted by molar-refractivity contribution is -0.112. The number of anilines is 2. The molecule has 0 aliphatic heterocycles. The first-order valence-corrected chi connectivity index (χ1v) is 8.96. The van der Waals surface area contributed by atoms with Gasteiger partial charge in [-0.15, -0.1) is 0 Å². The summed E-state index contributed by atoms with van der Waals surface area (Å²) in [5.41, 5.74) is 3.72. The van der Waals surface area contributed by atoms with Gasteiger partial charge in [0.1, 0.15) is 17.4 Å². The first kappa shape index (κ1) is 20.1. The summed E-state index contributed by atoms with van der Waals surface area (Å²) in [6, 6.07) is 15.0. The largest absolute Gasteiger partial charge is 0.494 e. The Kier molecular flexibility index (Phi) is 7.01. The van der Waals surface area contributed by atoms with Crippen LogP contribution in [0.25, 0.3) is 0 Å². The summed E-state index contributed by atoms with van der Waals surface area (Å²) in [6.07, 6.45) is 1.46. The number of nitrogens with zero attached hydrogens (tertiary/aromatic N) is 1. The van der Waals surface area contributed by atoms with E-state index in [1.54, 1.807) is 24.3 Å². The third-order valence-corrected chi connectivity index (χ3v) is 4.08. The van der Waals surface area contributed by atoms with E-state index in [0.29, 0.717) is 18.2 Å². The molecule has 2 aromatic rings. The zero-order valence-electron chi connectivity index (χ0n) is 16.2. The molecule has 0 saturated heterocycles. The molecule has 0 heterocycles. The van der Waals surface area contributed by atoms with Gasteiger partial charge < -0.3 is 15.4 Å². The third kappa shape index (κ3) is 5.35. The fourth-order valence-corrected chi connectivity index (χ4v) is 2.66. The molecule has 2 aromatic carbocycles. The molecule has 0 aliphatic rings.